The lowest BCUT2D eigenvalue weighted by Crippen LogP contribution is -2.30. The van der Waals surface area contributed by atoms with Crippen molar-refractivity contribution in [1.29, 1.82) is 0 Å². The van der Waals surface area contributed by atoms with Crippen LogP contribution in [0.2, 0.25) is 0 Å². The lowest BCUT2D eigenvalue weighted by Gasteiger charge is -2.16. The Morgan fingerprint density at radius 2 is 1.83 bits per heavy atom. The fourth-order valence-corrected chi connectivity index (χ4v) is 2.06. The van der Waals surface area contributed by atoms with Gasteiger partial charge in [0.2, 0.25) is 0 Å². The van der Waals surface area contributed by atoms with Crippen LogP contribution in [-0.2, 0) is 12.8 Å². The SMILES string of the molecule is CNC(Cc1ccc(C)cc1)Cc1ccccn1. The zero-order valence-corrected chi connectivity index (χ0v) is 11.1. The summed E-state index contributed by atoms with van der Waals surface area (Å²) in [5, 5.41) is 3.37. The Kier molecular flexibility index (Phi) is 4.48. The van der Waals surface area contributed by atoms with Crippen molar-refractivity contribution in [2.24, 2.45) is 0 Å². The van der Waals surface area contributed by atoms with Gasteiger partial charge >= 0.3 is 0 Å². The molecule has 0 radical (unpaired) electrons. The van der Waals surface area contributed by atoms with Crippen LogP contribution in [0.25, 0.3) is 0 Å². The van der Waals surface area contributed by atoms with Crippen LogP contribution in [0.1, 0.15) is 16.8 Å². The molecule has 0 aliphatic rings. The van der Waals surface area contributed by atoms with E-state index >= 15 is 0 Å². The standard InChI is InChI=1S/C16H20N2/c1-13-6-8-14(9-7-13)11-16(17-2)12-15-5-3-4-10-18-15/h3-10,16-17H,11-12H2,1-2H3. The summed E-state index contributed by atoms with van der Waals surface area (Å²) >= 11 is 0. The summed E-state index contributed by atoms with van der Waals surface area (Å²) in [6.45, 7) is 2.12. The van der Waals surface area contributed by atoms with E-state index in [-0.39, 0.29) is 0 Å². The van der Waals surface area contributed by atoms with Gasteiger partial charge < -0.3 is 5.32 Å². The zero-order chi connectivity index (χ0) is 12.8. The molecular formula is C16H20N2. The third-order valence-corrected chi connectivity index (χ3v) is 3.19. The van der Waals surface area contributed by atoms with Gasteiger partial charge in [-0.15, -0.1) is 0 Å². The quantitative estimate of drug-likeness (QED) is 0.869. The molecule has 94 valence electrons. The monoisotopic (exact) mass is 240 g/mol. The molecule has 1 aromatic heterocycles. The second-order valence-corrected chi connectivity index (χ2v) is 4.70. The first-order valence-electron chi connectivity index (χ1n) is 6.40. The second kappa shape index (κ2) is 6.31. The summed E-state index contributed by atoms with van der Waals surface area (Å²) in [5.41, 5.74) is 3.82. The van der Waals surface area contributed by atoms with E-state index in [4.69, 9.17) is 0 Å². The molecule has 2 rings (SSSR count). The average molecular weight is 240 g/mol. The van der Waals surface area contributed by atoms with Gasteiger partial charge in [-0.1, -0.05) is 35.9 Å². The Hall–Kier alpha value is -1.67. The number of nitrogens with zero attached hydrogens (tertiary/aromatic N) is 1. The summed E-state index contributed by atoms with van der Waals surface area (Å²) in [5.74, 6) is 0. The molecule has 0 aliphatic carbocycles. The summed E-state index contributed by atoms with van der Waals surface area (Å²) in [7, 11) is 2.02. The van der Waals surface area contributed by atoms with Gasteiger partial charge in [0.15, 0.2) is 0 Å². The van der Waals surface area contributed by atoms with E-state index in [1.807, 2.05) is 25.4 Å². The molecule has 0 amide bonds. The maximum Gasteiger partial charge on any atom is 0.0419 e. The van der Waals surface area contributed by atoms with Gasteiger partial charge in [0, 0.05) is 24.4 Å². The van der Waals surface area contributed by atoms with Gasteiger partial charge in [-0.3, -0.25) is 4.98 Å². The molecular weight excluding hydrogens is 220 g/mol. The van der Waals surface area contributed by atoms with Crippen molar-refractivity contribution in [1.82, 2.24) is 10.3 Å². The highest BCUT2D eigenvalue weighted by molar-refractivity contribution is 5.22. The zero-order valence-electron chi connectivity index (χ0n) is 11.1. The molecule has 0 bridgehead atoms. The number of pyridine rings is 1. The molecule has 0 fully saturated rings. The molecule has 1 unspecified atom stereocenters. The van der Waals surface area contributed by atoms with Crippen molar-refractivity contribution in [3.63, 3.8) is 0 Å². The molecule has 2 aromatic rings. The van der Waals surface area contributed by atoms with Crippen LogP contribution >= 0.6 is 0 Å². The average Bonchev–Trinajstić information content (AvgIpc) is 2.41. The van der Waals surface area contributed by atoms with Crippen LogP contribution in [0, 0.1) is 6.92 Å². The van der Waals surface area contributed by atoms with Crippen molar-refractivity contribution in [3.05, 3.63) is 65.5 Å². The number of rotatable bonds is 5. The molecule has 0 spiro atoms. The normalized spacial score (nSPS) is 12.3. The number of aromatic nitrogens is 1. The maximum atomic E-state index is 4.38. The molecule has 2 nitrogen and oxygen atoms in total. The van der Waals surface area contributed by atoms with Crippen LogP contribution in [0.15, 0.2) is 48.7 Å². The van der Waals surface area contributed by atoms with Crippen molar-refractivity contribution in [3.8, 4) is 0 Å². The molecule has 18 heavy (non-hydrogen) atoms. The third kappa shape index (κ3) is 3.67. The summed E-state index contributed by atoms with van der Waals surface area (Å²) in [6.07, 6.45) is 3.85. The summed E-state index contributed by atoms with van der Waals surface area (Å²) in [6, 6.07) is 15.3. The van der Waals surface area contributed by atoms with Crippen LogP contribution in [0.3, 0.4) is 0 Å². The number of aryl methyl sites for hydroxylation is 1. The molecule has 1 aromatic carbocycles. The predicted octanol–water partition coefficient (Wildman–Crippen LogP) is 2.76. The lowest BCUT2D eigenvalue weighted by atomic mass is 10.0. The maximum absolute atomic E-state index is 4.38. The lowest BCUT2D eigenvalue weighted by molar-refractivity contribution is 0.550. The van der Waals surface area contributed by atoms with Crippen LogP contribution in [0.4, 0.5) is 0 Å². The van der Waals surface area contributed by atoms with Crippen molar-refractivity contribution >= 4 is 0 Å². The topological polar surface area (TPSA) is 24.9 Å². The summed E-state index contributed by atoms with van der Waals surface area (Å²) < 4.78 is 0. The predicted molar refractivity (Wildman–Crippen MR) is 75.7 cm³/mol. The van der Waals surface area contributed by atoms with E-state index in [1.165, 1.54) is 11.1 Å². The number of hydrogen-bond acceptors (Lipinski definition) is 2. The number of nitrogens with one attached hydrogen (secondary N) is 1. The molecule has 0 saturated carbocycles. The smallest absolute Gasteiger partial charge is 0.0419 e. The van der Waals surface area contributed by atoms with Crippen LogP contribution in [0.5, 0.6) is 0 Å². The van der Waals surface area contributed by atoms with E-state index in [9.17, 15) is 0 Å². The van der Waals surface area contributed by atoms with Gasteiger partial charge in [0.25, 0.3) is 0 Å². The molecule has 0 saturated heterocycles. The Morgan fingerprint density at radius 1 is 1.06 bits per heavy atom. The number of hydrogen-bond donors (Lipinski definition) is 1. The van der Waals surface area contributed by atoms with Crippen LogP contribution in [-0.4, -0.2) is 18.1 Å². The molecule has 1 atom stereocenters. The van der Waals surface area contributed by atoms with E-state index in [0.717, 1.165) is 18.5 Å². The van der Waals surface area contributed by atoms with E-state index in [0.29, 0.717) is 6.04 Å². The molecule has 1 heterocycles. The van der Waals surface area contributed by atoms with E-state index in [2.05, 4.69) is 47.6 Å². The molecule has 1 N–H and O–H groups in total. The second-order valence-electron chi connectivity index (χ2n) is 4.70. The largest absolute Gasteiger partial charge is 0.316 e. The number of benzene rings is 1. The fourth-order valence-electron chi connectivity index (χ4n) is 2.06. The Bertz CT molecular complexity index is 462. The molecule has 0 aliphatic heterocycles. The Labute approximate surface area is 109 Å². The van der Waals surface area contributed by atoms with E-state index < -0.39 is 0 Å². The van der Waals surface area contributed by atoms with Gasteiger partial charge in [0.05, 0.1) is 0 Å². The number of likely N-dealkylation sites (N-methyl/N-ethyl adjacent to an activating group) is 1. The van der Waals surface area contributed by atoms with Crippen molar-refractivity contribution < 1.29 is 0 Å². The van der Waals surface area contributed by atoms with Gasteiger partial charge in [0.1, 0.15) is 0 Å². The minimum absolute atomic E-state index is 0.433. The Balaban J connectivity index is 1.99. The van der Waals surface area contributed by atoms with Crippen molar-refractivity contribution in [2.45, 2.75) is 25.8 Å². The first-order chi connectivity index (χ1) is 8.78. The van der Waals surface area contributed by atoms with Gasteiger partial charge in [-0.05, 0) is 38.1 Å². The van der Waals surface area contributed by atoms with Gasteiger partial charge in [-0.25, -0.2) is 0 Å². The Morgan fingerprint density at radius 3 is 2.44 bits per heavy atom. The fraction of sp³-hybridized carbons (Fsp3) is 0.312. The van der Waals surface area contributed by atoms with Crippen LogP contribution < -0.4 is 5.32 Å². The molecule has 2 heteroatoms. The highest BCUT2D eigenvalue weighted by Gasteiger charge is 2.08. The van der Waals surface area contributed by atoms with Gasteiger partial charge in [-0.2, -0.15) is 0 Å². The first kappa shape index (κ1) is 12.8. The summed E-state index contributed by atoms with van der Waals surface area (Å²) in [4.78, 5) is 4.38. The minimum Gasteiger partial charge on any atom is -0.316 e. The first-order valence-corrected chi connectivity index (χ1v) is 6.40. The van der Waals surface area contributed by atoms with E-state index in [1.54, 1.807) is 0 Å². The highest BCUT2D eigenvalue weighted by atomic mass is 14.9. The highest BCUT2D eigenvalue weighted by Crippen LogP contribution is 2.09. The minimum atomic E-state index is 0.433. The third-order valence-electron chi connectivity index (χ3n) is 3.19. The van der Waals surface area contributed by atoms with Crippen molar-refractivity contribution in [2.75, 3.05) is 7.05 Å².